The first-order valence-electron chi connectivity index (χ1n) is 7.02. The maximum absolute atomic E-state index is 10.1. The molecule has 2 saturated heterocycles. The fraction of sp³-hybridized carbons (Fsp3) is 0.867. The van der Waals surface area contributed by atoms with Gasteiger partial charge in [-0.1, -0.05) is 13.0 Å². The lowest BCUT2D eigenvalue weighted by atomic mass is 9.91. The van der Waals surface area contributed by atoms with Gasteiger partial charge < -0.3 is 14.6 Å². The predicted molar refractivity (Wildman–Crippen MR) is 71.5 cm³/mol. The minimum atomic E-state index is -0.243. The smallest absolute Gasteiger partial charge is 0.109 e. The second kappa shape index (κ2) is 4.95. The predicted octanol–water partition coefficient (Wildman–Crippen LogP) is 2.68. The molecule has 0 aromatic heterocycles. The van der Waals surface area contributed by atoms with Crippen LogP contribution in [0.4, 0.5) is 0 Å². The summed E-state index contributed by atoms with van der Waals surface area (Å²) in [6.07, 6.45) is 5.76. The maximum atomic E-state index is 10.1. The molecule has 0 bridgehead atoms. The van der Waals surface area contributed by atoms with Crippen LogP contribution in [0.1, 0.15) is 46.5 Å². The quantitative estimate of drug-likeness (QED) is 0.535. The van der Waals surface area contributed by atoms with Crippen LogP contribution in [0.2, 0.25) is 0 Å². The second-order valence-electron chi connectivity index (χ2n) is 6.43. The first-order valence-corrected chi connectivity index (χ1v) is 7.02. The molecule has 4 unspecified atom stereocenters. The molecule has 0 aliphatic carbocycles. The van der Waals surface area contributed by atoms with Crippen LogP contribution in [0, 0.1) is 5.92 Å². The van der Waals surface area contributed by atoms with E-state index in [0.717, 1.165) is 32.3 Å². The Kier molecular flexibility index (Phi) is 3.86. The number of ether oxygens (including phenoxy) is 2. The highest BCUT2D eigenvalue weighted by atomic mass is 16.6. The van der Waals surface area contributed by atoms with Crippen molar-refractivity contribution in [1.29, 1.82) is 0 Å². The van der Waals surface area contributed by atoms with E-state index < -0.39 is 0 Å². The summed E-state index contributed by atoms with van der Waals surface area (Å²) in [5.41, 5.74) is -0.0539. The lowest BCUT2D eigenvalue weighted by Gasteiger charge is -2.19. The molecule has 18 heavy (non-hydrogen) atoms. The average Bonchev–Trinajstić information content (AvgIpc) is 3.21. The van der Waals surface area contributed by atoms with Crippen LogP contribution in [-0.2, 0) is 9.47 Å². The molecule has 0 aromatic carbocycles. The van der Waals surface area contributed by atoms with Crippen molar-refractivity contribution >= 4 is 0 Å². The highest BCUT2D eigenvalue weighted by Crippen LogP contribution is 2.39. The Balaban J connectivity index is 1.62. The summed E-state index contributed by atoms with van der Waals surface area (Å²) < 4.78 is 10.9. The van der Waals surface area contributed by atoms with Crippen molar-refractivity contribution in [2.45, 2.75) is 69.9 Å². The Labute approximate surface area is 110 Å². The van der Waals surface area contributed by atoms with Crippen molar-refractivity contribution in [2.75, 3.05) is 6.61 Å². The number of hydrogen-bond donors (Lipinski definition) is 1. The first kappa shape index (κ1) is 14.0. The molecular weight excluding hydrogens is 228 g/mol. The summed E-state index contributed by atoms with van der Waals surface area (Å²) in [5.74, 6) is 0.325. The van der Waals surface area contributed by atoms with Gasteiger partial charge in [0.15, 0.2) is 0 Å². The minimum Gasteiger partial charge on any atom is -0.393 e. The van der Waals surface area contributed by atoms with E-state index in [4.69, 9.17) is 9.47 Å². The molecule has 1 N–H and O–H groups in total. The third kappa shape index (κ3) is 3.34. The van der Waals surface area contributed by atoms with E-state index >= 15 is 0 Å². The standard InChI is InChI=1S/C15H26O3/c1-5-15(10-17-15)9-8-12(16)11(2)6-7-13-14(3,4)18-13/h5,11-13,16H,1,6-10H2,2-4H3. The van der Waals surface area contributed by atoms with Gasteiger partial charge in [0.1, 0.15) is 5.60 Å². The van der Waals surface area contributed by atoms with Crippen molar-refractivity contribution < 1.29 is 14.6 Å². The zero-order chi connectivity index (χ0) is 13.4. The molecule has 0 spiro atoms. The Morgan fingerprint density at radius 2 is 2.06 bits per heavy atom. The SMILES string of the molecule is C=CC1(CCC(O)C(C)CCC2OC2(C)C)CO1. The van der Waals surface area contributed by atoms with Crippen LogP contribution in [0.3, 0.4) is 0 Å². The lowest BCUT2D eigenvalue weighted by Crippen LogP contribution is -2.21. The van der Waals surface area contributed by atoms with Crippen LogP contribution in [0.25, 0.3) is 0 Å². The van der Waals surface area contributed by atoms with E-state index in [9.17, 15) is 5.11 Å². The van der Waals surface area contributed by atoms with Crippen LogP contribution < -0.4 is 0 Å². The molecule has 2 fully saturated rings. The minimum absolute atomic E-state index is 0.0689. The largest absolute Gasteiger partial charge is 0.393 e. The molecular formula is C15H26O3. The average molecular weight is 254 g/mol. The van der Waals surface area contributed by atoms with Crippen LogP contribution in [0.5, 0.6) is 0 Å². The molecule has 4 atom stereocenters. The summed E-state index contributed by atoms with van der Waals surface area (Å²) in [5, 5.41) is 10.1. The van der Waals surface area contributed by atoms with Gasteiger partial charge in [-0.25, -0.2) is 0 Å². The van der Waals surface area contributed by atoms with E-state index in [1.165, 1.54) is 0 Å². The Morgan fingerprint density at radius 1 is 1.44 bits per heavy atom. The summed E-state index contributed by atoms with van der Waals surface area (Å²) in [7, 11) is 0. The lowest BCUT2D eigenvalue weighted by molar-refractivity contribution is 0.0925. The van der Waals surface area contributed by atoms with E-state index in [0.29, 0.717) is 12.0 Å². The fourth-order valence-corrected chi connectivity index (χ4v) is 2.48. The van der Waals surface area contributed by atoms with Gasteiger partial charge in [0.2, 0.25) is 0 Å². The Morgan fingerprint density at radius 3 is 2.50 bits per heavy atom. The van der Waals surface area contributed by atoms with E-state index in [-0.39, 0.29) is 17.3 Å². The van der Waals surface area contributed by atoms with Crippen molar-refractivity contribution in [3.63, 3.8) is 0 Å². The Bertz CT molecular complexity index is 307. The van der Waals surface area contributed by atoms with Crippen molar-refractivity contribution in [3.8, 4) is 0 Å². The van der Waals surface area contributed by atoms with Gasteiger partial charge in [0.25, 0.3) is 0 Å². The molecule has 2 heterocycles. The van der Waals surface area contributed by atoms with E-state index in [1.54, 1.807) is 0 Å². The number of aliphatic hydroxyl groups is 1. The summed E-state index contributed by atoms with van der Waals surface area (Å²) in [6.45, 7) is 10.9. The number of hydrogen-bond acceptors (Lipinski definition) is 3. The molecule has 104 valence electrons. The zero-order valence-corrected chi connectivity index (χ0v) is 11.8. The molecule has 2 aliphatic heterocycles. The fourth-order valence-electron chi connectivity index (χ4n) is 2.48. The molecule has 0 saturated carbocycles. The topological polar surface area (TPSA) is 45.3 Å². The monoisotopic (exact) mass is 254 g/mol. The highest BCUT2D eigenvalue weighted by Gasteiger charge is 2.47. The molecule has 2 aliphatic rings. The van der Waals surface area contributed by atoms with Gasteiger partial charge in [0, 0.05) is 0 Å². The molecule has 2 rings (SSSR count). The zero-order valence-electron chi connectivity index (χ0n) is 11.8. The van der Waals surface area contributed by atoms with Crippen molar-refractivity contribution in [3.05, 3.63) is 12.7 Å². The number of rotatable bonds is 8. The van der Waals surface area contributed by atoms with Gasteiger partial charge in [-0.3, -0.25) is 0 Å². The van der Waals surface area contributed by atoms with Crippen molar-refractivity contribution in [2.24, 2.45) is 5.92 Å². The van der Waals surface area contributed by atoms with Gasteiger partial charge >= 0.3 is 0 Å². The van der Waals surface area contributed by atoms with Crippen LogP contribution >= 0.6 is 0 Å². The molecule has 0 amide bonds. The third-order valence-corrected chi connectivity index (χ3v) is 4.46. The maximum Gasteiger partial charge on any atom is 0.109 e. The molecule has 3 nitrogen and oxygen atoms in total. The van der Waals surface area contributed by atoms with Gasteiger partial charge in [0.05, 0.1) is 24.4 Å². The first-order chi connectivity index (χ1) is 8.38. The number of aliphatic hydroxyl groups excluding tert-OH is 1. The third-order valence-electron chi connectivity index (χ3n) is 4.46. The molecule has 3 heteroatoms. The van der Waals surface area contributed by atoms with Gasteiger partial charge in [-0.05, 0) is 45.4 Å². The highest BCUT2D eigenvalue weighted by molar-refractivity contribution is 5.06. The van der Waals surface area contributed by atoms with E-state index in [1.807, 2.05) is 6.08 Å². The summed E-state index contributed by atoms with van der Waals surface area (Å²) in [6, 6.07) is 0. The Hall–Kier alpha value is -0.380. The summed E-state index contributed by atoms with van der Waals surface area (Å²) >= 11 is 0. The van der Waals surface area contributed by atoms with Crippen molar-refractivity contribution in [1.82, 2.24) is 0 Å². The van der Waals surface area contributed by atoms with Crippen LogP contribution in [0.15, 0.2) is 12.7 Å². The second-order valence-corrected chi connectivity index (χ2v) is 6.43. The van der Waals surface area contributed by atoms with Crippen LogP contribution in [-0.4, -0.2) is 35.1 Å². The molecule has 0 aromatic rings. The van der Waals surface area contributed by atoms with E-state index in [2.05, 4.69) is 27.4 Å². The molecule has 0 radical (unpaired) electrons. The number of epoxide rings is 2. The van der Waals surface area contributed by atoms with Gasteiger partial charge in [-0.15, -0.1) is 6.58 Å². The normalized spacial score (nSPS) is 35.9. The van der Waals surface area contributed by atoms with Gasteiger partial charge in [-0.2, -0.15) is 0 Å². The summed E-state index contributed by atoms with van der Waals surface area (Å²) in [4.78, 5) is 0.